The number of halogens is 2. The van der Waals surface area contributed by atoms with Crippen LogP contribution in [0.25, 0.3) is 5.69 Å². The third-order valence-electron chi connectivity index (χ3n) is 5.95. The number of hydrogen-bond acceptors (Lipinski definition) is 5. The van der Waals surface area contributed by atoms with Crippen molar-refractivity contribution < 1.29 is 14.0 Å². The van der Waals surface area contributed by atoms with Crippen molar-refractivity contribution in [1.29, 1.82) is 0 Å². The van der Waals surface area contributed by atoms with E-state index in [0.29, 0.717) is 37.4 Å². The Balaban J connectivity index is 1.22. The first-order chi connectivity index (χ1) is 17.0. The number of likely N-dealkylation sites (tertiary alicyclic amines) is 1. The minimum Gasteiger partial charge on any atom is -0.338 e. The highest BCUT2D eigenvalue weighted by Gasteiger charge is 2.29. The molecule has 1 N–H and O–H groups in total. The molecule has 0 unspecified atom stereocenters. The van der Waals surface area contributed by atoms with Crippen LogP contribution in [0.15, 0.2) is 66.2 Å². The second kappa shape index (κ2) is 9.97. The minimum atomic E-state index is -0.617. The van der Waals surface area contributed by atoms with Crippen molar-refractivity contribution in [3.05, 3.63) is 93.3 Å². The van der Waals surface area contributed by atoms with Gasteiger partial charge in [-0.25, -0.2) is 14.1 Å². The number of hydrogen-bond donors (Lipinski definition) is 1. The summed E-state index contributed by atoms with van der Waals surface area (Å²) in [6.07, 6.45) is 2.97. The first-order valence-electron chi connectivity index (χ1n) is 11.1. The summed E-state index contributed by atoms with van der Waals surface area (Å²) in [4.78, 5) is 31.8. The third kappa shape index (κ3) is 4.82. The molecule has 1 aliphatic heterocycles. The Labute approximate surface area is 210 Å². The highest BCUT2D eigenvalue weighted by molar-refractivity contribution is 7.10. The van der Waals surface area contributed by atoms with Crippen LogP contribution in [-0.4, -0.2) is 44.6 Å². The molecule has 0 atom stereocenters. The SMILES string of the molecule is O=C(Nc1ccnn1-c1ccccc1)c1csc(C2CCN(C(=O)c3c(F)cccc3Cl)CC2)n1. The van der Waals surface area contributed by atoms with Crippen LogP contribution in [0.5, 0.6) is 0 Å². The van der Waals surface area contributed by atoms with Gasteiger partial charge >= 0.3 is 0 Å². The Morgan fingerprint density at radius 1 is 1.06 bits per heavy atom. The highest BCUT2D eigenvalue weighted by atomic mass is 35.5. The van der Waals surface area contributed by atoms with Crippen LogP contribution in [-0.2, 0) is 0 Å². The molecule has 5 rings (SSSR count). The molecule has 1 saturated heterocycles. The zero-order valence-corrected chi connectivity index (χ0v) is 20.1. The molecule has 2 amide bonds. The van der Waals surface area contributed by atoms with Crippen molar-refractivity contribution in [2.75, 3.05) is 18.4 Å². The standard InChI is InChI=1S/C25H21ClFN5O2S/c26-18-7-4-8-19(27)22(18)25(34)31-13-10-16(11-14-31)24-29-20(15-35-24)23(33)30-21-9-12-28-32(21)17-5-2-1-3-6-17/h1-9,12,15-16H,10-11,13-14H2,(H,30,33). The molecule has 10 heteroatoms. The highest BCUT2D eigenvalue weighted by Crippen LogP contribution is 2.32. The van der Waals surface area contributed by atoms with Crippen molar-refractivity contribution in [2.45, 2.75) is 18.8 Å². The van der Waals surface area contributed by atoms with Gasteiger partial charge in [0, 0.05) is 30.5 Å². The molecule has 0 saturated carbocycles. The predicted octanol–water partition coefficient (Wildman–Crippen LogP) is 5.39. The first kappa shape index (κ1) is 23.2. The molecule has 0 aliphatic carbocycles. The predicted molar refractivity (Wildman–Crippen MR) is 133 cm³/mol. The number of carbonyl (C=O) groups excluding carboxylic acids is 2. The maximum absolute atomic E-state index is 14.1. The van der Waals surface area contributed by atoms with Gasteiger partial charge in [0.2, 0.25) is 0 Å². The lowest BCUT2D eigenvalue weighted by molar-refractivity contribution is 0.0708. The fourth-order valence-electron chi connectivity index (χ4n) is 4.12. The van der Waals surface area contributed by atoms with Crippen LogP contribution < -0.4 is 5.32 Å². The number of nitrogens with zero attached hydrogens (tertiary/aromatic N) is 4. The molecule has 4 aromatic rings. The summed E-state index contributed by atoms with van der Waals surface area (Å²) in [7, 11) is 0. The summed E-state index contributed by atoms with van der Waals surface area (Å²) in [6.45, 7) is 0.928. The monoisotopic (exact) mass is 509 g/mol. The molecule has 2 aromatic heterocycles. The van der Waals surface area contributed by atoms with Crippen molar-refractivity contribution in [1.82, 2.24) is 19.7 Å². The summed E-state index contributed by atoms with van der Waals surface area (Å²) in [5, 5.41) is 9.87. The number of rotatable bonds is 5. The topological polar surface area (TPSA) is 80.1 Å². The van der Waals surface area contributed by atoms with E-state index in [1.165, 1.54) is 29.5 Å². The van der Waals surface area contributed by atoms with E-state index < -0.39 is 11.7 Å². The molecule has 1 fully saturated rings. The van der Waals surface area contributed by atoms with Crippen LogP contribution in [0.3, 0.4) is 0 Å². The average Bonchev–Trinajstić information content (AvgIpc) is 3.55. The van der Waals surface area contributed by atoms with Gasteiger partial charge in [-0.05, 0) is 37.1 Å². The molecule has 0 bridgehead atoms. The normalized spacial score (nSPS) is 14.2. The van der Waals surface area contributed by atoms with Gasteiger partial charge in [0.1, 0.15) is 17.3 Å². The molecule has 7 nitrogen and oxygen atoms in total. The fraction of sp³-hybridized carbons (Fsp3) is 0.200. The van der Waals surface area contributed by atoms with Gasteiger partial charge in [-0.3, -0.25) is 9.59 Å². The van der Waals surface area contributed by atoms with E-state index in [-0.39, 0.29) is 22.4 Å². The minimum absolute atomic E-state index is 0.0874. The van der Waals surface area contributed by atoms with Gasteiger partial charge in [-0.1, -0.05) is 35.9 Å². The van der Waals surface area contributed by atoms with E-state index in [0.717, 1.165) is 10.7 Å². The lowest BCUT2D eigenvalue weighted by Gasteiger charge is -2.31. The van der Waals surface area contributed by atoms with Crippen molar-refractivity contribution in [3.8, 4) is 5.69 Å². The second-order valence-electron chi connectivity index (χ2n) is 8.15. The number of anilines is 1. The fourth-order valence-corrected chi connectivity index (χ4v) is 5.34. The molecule has 35 heavy (non-hydrogen) atoms. The van der Waals surface area contributed by atoms with Crippen molar-refractivity contribution in [3.63, 3.8) is 0 Å². The summed E-state index contributed by atoms with van der Waals surface area (Å²) in [5.41, 5.74) is 1.09. The van der Waals surface area contributed by atoms with Crippen LogP contribution in [0, 0.1) is 5.82 Å². The molecular formula is C25H21ClFN5O2S. The number of aromatic nitrogens is 3. The van der Waals surface area contributed by atoms with Gasteiger partial charge < -0.3 is 10.2 Å². The average molecular weight is 510 g/mol. The van der Waals surface area contributed by atoms with E-state index in [2.05, 4.69) is 15.4 Å². The molecule has 3 heterocycles. The Morgan fingerprint density at radius 2 is 1.83 bits per heavy atom. The maximum Gasteiger partial charge on any atom is 0.276 e. The van der Waals surface area contributed by atoms with E-state index in [1.54, 1.807) is 27.2 Å². The summed E-state index contributed by atoms with van der Waals surface area (Å²) in [5.74, 6) is -0.660. The number of amides is 2. The largest absolute Gasteiger partial charge is 0.338 e. The Bertz CT molecular complexity index is 1340. The number of carbonyl (C=O) groups is 2. The van der Waals surface area contributed by atoms with Crippen molar-refractivity contribution >= 4 is 40.6 Å². The lowest BCUT2D eigenvalue weighted by Crippen LogP contribution is -2.38. The van der Waals surface area contributed by atoms with E-state index in [1.807, 2.05) is 30.3 Å². The van der Waals surface area contributed by atoms with Crippen LogP contribution >= 0.6 is 22.9 Å². The second-order valence-corrected chi connectivity index (χ2v) is 9.45. The Morgan fingerprint density at radius 3 is 2.57 bits per heavy atom. The Kier molecular flexibility index (Phi) is 6.61. The zero-order valence-electron chi connectivity index (χ0n) is 18.5. The third-order valence-corrected chi connectivity index (χ3v) is 7.27. The van der Waals surface area contributed by atoms with Crippen molar-refractivity contribution in [2.24, 2.45) is 0 Å². The van der Waals surface area contributed by atoms with E-state index >= 15 is 0 Å². The summed E-state index contributed by atoms with van der Waals surface area (Å²) >= 11 is 7.49. The number of para-hydroxylation sites is 1. The van der Waals surface area contributed by atoms with Gasteiger partial charge in [-0.2, -0.15) is 5.10 Å². The van der Waals surface area contributed by atoms with Crippen LogP contribution in [0.1, 0.15) is 44.6 Å². The van der Waals surface area contributed by atoms with Gasteiger partial charge in [0.15, 0.2) is 0 Å². The van der Waals surface area contributed by atoms with Gasteiger partial charge in [-0.15, -0.1) is 11.3 Å². The lowest BCUT2D eigenvalue weighted by atomic mass is 9.97. The van der Waals surface area contributed by atoms with E-state index in [9.17, 15) is 14.0 Å². The maximum atomic E-state index is 14.1. The Hall–Kier alpha value is -3.56. The van der Waals surface area contributed by atoms with Crippen LogP contribution in [0.4, 0.5) is 10.2 Å². The molecule has 1 aliphatic rings. The molecule has 178 valence electrons. The summed E-state index contributed by atoms with van der Waals surface area (Å²) < 4.78 is 15.8. The smallest absolute Gasteiger partial charge is 0.276 e. The number of piperidine rings is 1. The molecule has 0 radical (unpaired) electrons. The summed E-state index contributed by atoms with van der Waals surface area (Å²) in [6, 6.07) is 15.5. The van der Waals surface area contributed by atoms with E-state index in [4.69, 9.17) is 11.6 Å². The molecule has 0 spiro atoms. The van der Waals surface area contributed by atoms with Crippen LogP contribution in [0.2, 0.25) is 5.02 Å². The van der Waals surface area contributed by atoms with Gasteiger partial charge in [0.05, 0.1) is 27.5 Å². The number of benzene rings is 2. The number of thiazole rings is 1. The number of nitrogens with one attached hydrogen (secondary N) is 1. The molecular weight excluding hydrogens is 489 g/mol. The molecule has 2 aromatic carbocycles. The first-order valence-corrected chi connectivity index (χ1v) is 12.4. The van der Waals surface area contributed by atoms with Gasteiger partial charge in [0.25, 0.3) is 11.8 Å². The quantitative estimate of drug-likeness (QED) is 0.391. The zero-order chi connectivity index (χ0) is 24.4.